The molecular formula is C50H41N3. The Labute approximate surface area is 310 Å². The lowest BCUT2D eigenvalue weighted by Crippen LogP contribution is -2.16. The molecule has 53 heavy (non-hydrogen) atoms. The Morgan fingerprint density at radius 1 is 0.623 bits per heavy atom. The summed E-state index contributed by atoms with van der Waals surface area (Å²) in [6, 6.07) is 45.0. The molecule has 9 rings (SSSR count). The SMILES string of the molecule is C=C1/C=C\C=C/N(C(/C=C\C)=C/C=C\C)c2ccc3c(ccc4c3ccc3[nH]c5ccccc5c34)c21.c1ccc(-c2c[nH]c(-c3ccccc3)c2)cc1. The number of fused-ring (bicyclic) bond motifs is 9. The first-order valence-corrected chi connectivity index (χ1v) is 18.1. The molecule has 0 amide bonds. The van der Waals surface area contributed by atoms with E-state index in [-0.39, 0.29) is 0 Å². The fraction of sp³-hybridized carbons (Fsp3) is 0.0400. The molecule has 0 saturated heterocycles. The predicted octanol–water partition coefficient (Wildman–Crippen LogP) is 13.9. The second-order valence-corrected chi connectivity index (χ2v) is 13.1. The molecule has 3 nitrogen and oxygen atoms in total. The van der Waals surface area contributed by atoms with Crippen molar-refractivity contribution in [3.05, 3.63) is 206 Å². The van der Waals surface area contributed by atoms with E-state index in [0.717, 1.165) is 28.2 Å². The third-order valence-electron chi connectivity index (χ3n) is 9.82. The number of nitrogens with one attached hydrogen (secondary N) is 2. The minimum atomic E-state index is 1.00. The van der Waals surface area contributed by atoms with Crippen LogP contribution in [0.25, 0.3) is 71.3 Å². The van der Waals surface area contributed by atoms with Gasteiger partial charge in [0.2, 0.25) is 0 Å². The maximum Gasteiger partial charge on any atom is 0.0540 e. The molecule has 8 aromatic rings. The average molecular weight is 684 g/mol. The van der Waals surface area contributed by atoms with E-state index >= 15 is 0 Å². The summed E-state index contributed by atoms with van der Waals surface area (Å²) < 4.78 is 0. The largest absolute Gasteiger partial charge is 0.361 e. The number of para-hydroxylation sites is 1. The van der Waals surface area contributed by atoms with Crippen LogP contribution in [0.4, 0.5) is 5.69 Å². The van der Waals surface area contributed by atoms with Crippen LogP contribution in [-0.4, -0.2) is 9.97 Å². The molecule has 2 N–H and O–H groups in total. The minimum absolute atomic E-state index is 1.00. The van der Waals surface area contributed by atoms with E-state index in [1.54, 1.807) is 0 Å². The summed E-state index contributed by atoms with van der Waals surface area (Å²) in [5, 5.41) is 7.51. The Morgan fingerprint density at radius 3 is 2.11 bits per heavy atom. The van der Waals surface area contributed by atoms with E-state index in [9.17, 15) is 0 Å². The van der Waals surface area contributed by atoms with Gasteiger partial charge in [-0.3, -0.25) is 0 Å². The van der Waals surface area contributed by atoms with Crippen LogP contribution in [0.5, 0.6) is 0 Å². The van der Waals surface area contributed by atoms with Gasteiger partial charge in [-0.25, -0.2) is 0 Å². The van der Waals surface area contributed by atoms with Crippen molar-refractivity contribution in [1.82, 2.24) is 9.97 Å². The van der Waals surface area contributed by atoms with Crippen LogP contribution in [0.15, 0.2) is 201 Å². The number of allylic oxidation sites excluding steroid dienone is 9. The first kappa shape index (κ1) is 33.3. The Hall–Kier alpha value is -6.84. The number of aromatic nitrogens is 2. The maximum atomic E-state index is 4.47. The van der Waals surface area contributed by atoms with E-state index in [4.69, 9.17) is 0 Å². The van der Waals surface area contributed by atoms with Crippen LogP contribution in [-0.2, 0) is 0 Å². The fourth-order valence-electron chi connectivity index (χ4n) is 7.35. The number of hydrogen-bond acceptors (Lipinski definition) is 1. The van der Waals surface area contributed by atoms with Gasteiger partial charge in [-0.1, -0.05) is 140 Å². The van der Waals surface area contributed by atoms with Crippen molar-refractivity contribution in [2.24, 2.45) is 0 Å². The Bertz CT molecular complexity index is 2690. The molecule has 0 unspecified atom stereocenters. The van der Waals surface area contributed by atoms with E-state index in [2.05, 4.69) is 205 Å². The van der Waals surface area contributed by atoms with Crippen molar-refractivity contribution < 1.29 is 0 Å². The zero-order valence-corrected chi connectivity index (χ0v) is 30.1. The summed E-state index contributed by atoms with van der Waals surface area (Å²) in [5.74, 6) is 0. The summed E-state index contributed by atoms with van der Waals surface area (Å²) >= 11 is 0. The number of aromatic amines is 2. The second kappa shape index (κ2) is 14.8. The van der Waals surface area contributed by atoms with E-state index in [0.29, 0.717) is 0 Å². The van der Waals surface area contributed by atoms with Gasteiger partial charge in [-0.2, -0.15) is 0 Å². The van der Waals surface area contributed by atoms with Crippen LogP contribution < -0.4 is 4.90 Å². The molecular weight excluding hydrogens is 643 g/mol. The molecule has 0 radical (unpaired) electrons. The van der Waals surface area contributed by atoms with Gasteiger partial charge in [0.1, 0.15) is 0 Å². The van der Waals surface area contributed by atoms with Gasteiger partial charge < -0.3 is 14.9 Å². The molecule has 6 aromatic carbocycles. The lowest BCUT2D eigenvalue weighted by atomic mass is 9.91. The molecule has 1 aliphatic rings. The lowest BCUT2D eigenvalue weighted by molar-refractivity contribution is 1.20. The summed E-state index contributed by atoms with van der Waals surface area (Å²) in [6.07, 6.45) is 20.9. The summed E-state index contributed by atoms with van der Waals surface area (Å²) in [4.78, 5) is 9.15. The van der Waals surface area contributed by atoms with E-state index < -0.39 is 0 Å². The highest BCUT2D eigenvalue weighted by Crippen LogP contribution is 2.42. The molecule has 3 heteroatoms. The average Bonchev–Trinajstić information content (AvgIpc) is 3.85. The van der Waals surface area contributed by atoms with Crippen LogP contribution in [0.2, 0.25) is 0 Å². The maximum absolute atomic E-state index is 4.47. The fourth-order valence-corrected chi connectivity index (χ4v) is 7.35. The van der Waals surface area contributed by atoms with Crippen LogP contribution in [0.1, 0.15) is 19.4 Å². The van der Waals surface area contributed by atoms with Crippen molar-refractivity contribution in [1.29, 1.82) is 0 Å². The van der Waals surface area contributed by atoms with Crippen molar-refractivity contribution in [3.63, 3.8) is 0 Å². The zero-order chi connectivity index (χ0) is 36.1. The second-order valence-electron chi connectivity index (χ2n) is 13.1. The van der Waals surface area contributed by atoms with Crippen LogP contribution in [0, 0.1) is 0 Å². The Balaban J connectivity index is 0.000000196. The molecule has 2 aromatic heterocycles. The minimum Gasteiger partial charge on any atom is -0.361 e. The molecule has 0 atom stereocenters. The molecule has 3 heterocycles. The Morgan fingerprint density at radius 2 is 1.32 bits per heavy atom. The standard InChI is InChI=1S/C34H28N2.C16H13N/c1-4-6-13-24(11-5-2)36-22-10-9-12-23(3)33-27-16-17-28-25(26(27)19-21-32(33)36)18-20-31-34(28)29-14-7-8-15-30(29)35-31;1-3-7-13(8-4-1)15-11-16(17-12-15)14-9-5-2-6-10-14/h4-22,35H,3H2,1-2H3;1-12,17H/b6-4-,11-5-,12-9-,22-10-,24-13+;. The molecule has 1 aliphatic heterocycles. The molecule has 256 valence electrons. The highest BCUT2D eigenvalue weighted by Gasteiger charge is 2.19. The third kappa shape index (κ3) is 6.45. The number of hydrogen-bond donors (Lipinski definition) is 2. The summed E-state index contributed by atoms with van der Waals surface area (Å²) in [7, 11) is 0. The zero-order valence-electron chi connectivity index (χ0n) is 30.1. The number of H-pyrrole nitrogens is 2. The molecule has 0 spiro atoms. The lowest BCUT2D eigenvalue weighted by Gasteiger charge is -2.27. The monoisotopic (exact) mass is 683 g/mol. The highest BCUT2D eigenvalue weighted by atomic mass is 15.1. The normalized spacial score (nSPS) is 14.5. The molecule has 0 bridgehead atoms. The van der Waals surface area contributed by atoms with Crippen molar-refractivity contribution in [2.75, 3.05) is 4.90 Å². The van der Waals surface area contributed by atoms with Gasteiger partial charge in [-0.15, -0.1) is 0 Å². The first-order chi connectivity index (χ1) is 26.1. The number of benzene rings is 6. The van der Waals surface area contributed by atoms with Crippen molar-refractivity contribution in [3.8, 4) is 22.4 Å². The summed E-state index contributed by atoms with van der Waals surface area (Å²) in [5.41, 5.74) is 11.6. The van der Waals surface area contributed by atoms with E-state index in [1.807, 2.05) is 19.1 Å². The molecule has 0 aliphatic carbocycles. The van der Waals surface area contributed by atoms with E-state index in [1.165, 1.54) is 60.0 Å². The van der Waals surface area contributed by atoms with Crippen LogP contribution >= 0.6 is 0 Å². The van der Waals surface area contributed by atoms with Crippen molar-refractivity contribution >= 4 is 54.6 Å². The topological polar surface area (TPSA) is 34.8 Å². The van der Waals surface area contributed by atoms with Gasteiger partial charge >= 0.3 is 0 Å². The predicted molar refractivity (Wildman–Crippen MR) is 230 cm³/mol. The summed E-state index contributed by atoms with van der Waals surface area (Å²) in [6.45, 7) is 8.56. The van der Waals surface area contributed by atoms with Gasteiger partial charge in [0.05, 0.1) is 5.69 Å². The van der Waals surface area contributed by atoms with Gasteiger partial charge in [0, 0.05) is 51.2 Å². The number of nitrogens with zero attached hydrogens (tertiary/aromatic N) is 1. The van der Waals surface area contributed by atoms with Gasteiger partial charge in [0.25, 0.3) is 0 Å². The van der Waals surface area contributed by atoms with Gasteiger partial charge in [0.15, 0.2) is 0 Å². The third-order valence-corrected chi connectivity index (χ3v) is 9.82. The van der Waals surface area contributed by atoms with Gasteiger partial charge in [-0.05, 0) is 100 Å². The Kier molecular flexibility index (Phi) is 9.30. The molecule has 0 saturated carbocycles. The first-order valence-electron chi connectivity index (χ1n) is 18.1. The highest BCUT2D eigenvalue weighted by molar-refractivity contribution is 6.25. The number of rotatable bonds is 5. The number of anilines is 1. The quantitative estimate of drug-likeness (QED) is 0.137. The molecule has 0 fully saturated rings. The van der Waals surface area contributed by atoms with Crippen LogP contribution in [0.3, 0.4) is 0 Å². The van der Waals surface area contributed by atoms with Crippen molar-refractivity contribution in [2.45, 2.75) is 13.8 Å². The smallest absolute Gasteiger partial charge is 0.0540 e.